The Hall–Kier alpha value is -2.23. The van der Waals surface area contributed by atoms with Crippen LogP contribution in [0.2, 0.25) is 0 Å². The number of likely N-dealkylation sites (tertiary alicyclic amines) is 1. The van der Waals surface area contributed by atoms with Gasteiger partial charge in [0, 0.05) is 54.6 Å². The van der Waals surface area contributed by atoms with E-state index >= 15 is 4.39 Å². The lowest BCUT2D eigenvalue weighted by Crippen LogP contribution is -2.75. The van der Waals surface area contributed by atoms with Gasteiger partial charge in [-0.3, -0.25) is 19.7 Å². The summed E-state index contributed by atoms with van der Waals surface area (Å²) in [6.45, 7) is 3.15. The number of hydrogen-bond acceptors (Lipinski definition) is 11. The fourth-order valence-electron chi connectivity index (χ4n) is 10.1. The van der Waals surface area contributed by atoms with Crippen LogP contribution in [0.5, 0.6) is 0 Å². The predicted octanol–water partition coefficient (Wildman–Crippen LogP) is 1.24. The summed E-state index contributed by atoms with van der Waals surface area (Å²) in [6.07, 6.45) is 7.14. The zero-order valence-corrected chi connectivity index (χ0v) is 29.3. The maximum Gasteiger partial charge on any atom is 0.256 e. The van der Waals surface area contributed by atoms with Gasteiger partial charge in [0.25, 0.3) is 5.91 Å². The monoisotopic (exact) mass is 689 g/mol. The fourth-order valence-corrected chi connectivity index (χ4v) is 10.1. The molecule has 3 saturated heterocycles. The van der Waals surface area contributed by atoms with Crippen molar-refractivity contribution in [2.24, 2.45) is 5.92 Å². The zero-order chi connectivity index (χ0) is 34.4. The fraction of sp³-hybridized carbons (Fsp3) is 0.886. The number of halogens is 1. The molecule has 3 saturated carbocycles. The van der Waals surface area contributed by atoms with Crippen LogP contribution >= 0.6 is 0 Å². The molecule has 1 amide bonds. The normalized spacial score (nSPS) is 41.7. The number of ether oxygens (including phenoxy) is 2. The molecule has 0 bridgehead atoms. The summed E-state index contributed by atoms with van der Waals surface area (Å²) in [5.74, 6) is -1.37. The Morgan fingerprint density at radius 1 is 1.08 bits per heavy atom. The standard InChI is InChI=1S/C35H56FN7O6/c1-40(2)13-5-4-11-37-31-24(36)16-22-32-34(31)49-30-17-26-29(48-28-15-21(43(46)47)8-9-25(28)39-26)18-27(30)42(32)19-23(33(22)44)35(45)38-12-10-20-7-6-14-41(20)3/h19-22,24-32,34,37,39H,4-18H2,1-3H3,(H,38,45). The van der Waals surface area contributed by atoms with Crippen LogP contribution in [-0.4, -0.2) is 152 Å². The molecule has 274 valence electrons. The lowest BCUT2D eigenvalue weighted by molar-refractivity contribution is -0.529. The molecule has 49 heavy (non-hydrogen) atoms. The number of rotatable bonds is 11. The topological polar surface area (TPSA) is 142 Å². The summed E-state index contributed by atoms with van der Waals surface area (Å²) in [4.78, 5) is 45.7. The van der Waals surface area contributed by atoms with E-state index in [1.807, 2.05) is 14.1 Å². The Morgan fingerprint density at radius 3 is 2.65 bits per heavy atom. The number of alkyl halides is 1. The Morgan fingerprint density at radius 2 is 1.90 bits per heavy atom. The van der Waals surface area contributed by atoms with Crippen molar-refractivity contribution >= 4 is 11.7 Å². The van der Waals surface area contributed by atoms with Crippen molar-refractivity contribution < 1.29 is 28.4 Å². The van der Waals surface area contributed by atoms with E-state index in [9.17, 15) is 19.7 Å². The lowest BCUT2D eigenvalue weighted by atomic mass is 9.69. The van der Waals surface area contributed by atoms with Crippen molar-refractivity contribution in [3.05, 3.63) is 21.9 Å². The number of hydrogen-bond donors (Lipinski definition) is 3. The molecule has 0 aromatic heterocycles. The van der Waals surface area contributed by atoms with Crippen molar-refractivity contribution in [3.8, 4) is 0 Å². The summed E-state index contributed by atoms with van der Waals surface area (Å²) >= 11 is 0. The van der Waals surface area contributed by atoms with E-state index < -0.39 is 36.3 Å². The van der Waals surface area contributed by atoms with Crippen LogP contribution in [0.15, 0.2) is 11.8 Å². The number of fused-ring (bicyclic) bond motifs is 4. The molecule has 3 N–H and O–H groups in total. The van der Waals surface area contributed by atoms with E-state index in [1.54, 1.807) is 6.20 Å². The van der Waals surface area contributed by atoms with Crippen LogP contribution < -0.4 is 16.0 Å². The van der Waals surface area contributed by atoms with Gasteiger partial charge in [0.2, 0.25) is 6.04 Å². The first-order chi connectivity index (χ1) is 23.6. The molecule has 0 aromatic rings. The van der Waals surface area contributed by atoms with Gasteiger partial charge in [0.05, 0.1) is 48.1 Å². The summed E-state index contributed by atoms with van der Waals surface area (Å²) in [7, 11) is 6.19. The van der Waals surface area contributed by atoms with Gasteiger partial charge in [0.15, 0.2) is 5.78 Å². The lowest BCUT2D eigenvalue weighted by Gasteiger charge is -2.61. The van der Waals surface area contributed by atoms with E-state index in [2.05, 4.69) is 37.7 Å². The average Bonchev–Trinajstić information content (AvgIpc) is 3.48. The molecule has 3 aliphatic carbocycles. The quantitative estimate of drug-likeness (QED) is 0.125. The SMILES string of the molecule is CN(C)CCCCNC1C(F)CC2C(=O)C(C(=O)NCCC3CCCN3C)=CN3C4CC5OC6CC([N+](=O)[O-])CCC6NC5CC4OC1C23. The molecule has 13 unspecified atom stereocenters. The molecule has 0 spiro atoms. The molecule has 14 heteroatoms. The number of ketones is 1. The second-order valence-electron chi connectivity index (χ2n) is 16.0. The van der Waals surface area contributed by atoms with Crippen LogP contribution in [0.3, 0.4) is 0 Å². The molecule has 13 atom stereocenters. The van der Waals surface area contributed by atoms with Crippen molar-refractivity contribution in [1.82, 2.24) is 30.7 Å². The van der Waals surface area contributed by atoms with Crippen LogP contribution in [0.4, 0.5) is 4.39 Å². The van der Waals surface area contributed by atoms with Crippen molar-refractivity contribution in [2.45, 2.75) is 144 Å². The Kier molecular flexibility index (Phi) is 10.6. The minimum absolute atomic E-state index is 0.0103. The van der Waals surface area contributed by atoms with Crippen molar-refractivity contribution in [2.75, 3.05) is 47.3 Å². The van der Waals surface area contributed by atoms with Gasteiger partial charge in [0.1, 0.15) is 6.17 Å². The molecule has 7 rings (SSSR count). The second-order valence-corrected chi connectivity index (χ2v) is 16.0. The molecule has 6 fully saturated rings. The van der Waals surface area contributed by atoms with Gasteiger partial charge in [-0.05, 0) is 98.6 Å². The first-order valence-electron chi connectivity index (χ1n) is 18.8. The van der Waals surface area contributed by atoms with E-state index in [4.69, 9.17) is 9.47 Å². The van der Waals surface area contributed by atoms with Gasteiger partial charge < -0.3 is 40.1 Å². The number of nitrogens with one attached hydrogen (secondary N) is 3. The number of unbranched alkanes of at least 4 members (excludes halogenated alkanes) is 1. The first-order valence-corrected chi connectivity index (χ1v) is 18.8. The minimum atomic E-state index is -1.28. The van der Waals surface area contributed by atoms with Gasteiger partial charge in [-0.25, -0.2) is 4.39 Å². The van der Waals surface area contributed by atoms with Gasteiger partial charge in [-0.2, -0.15) is 0 Å². The highest BCUT2D eigenvalue weighted by Gasteiger charge is 2.60. The third kappa shape index (κ3) is 7.15. The largest absolute Gasteiger partial charge is 0.371 e. The maximum atomic E-state index is 16.2. The molecular formula is C35H56FN7O6. The molecule has 0 aromatic carbocycles. The number of nitro groups is 1. The molecule has 4 heterocycles. The maximum absolute atomic E-state index is 16.2. The molecular weight excluding hydrogens is 633 g/mol. The summed E-state index contributed by atoms with van der Waals surface area (Å²) in [5, 5.41) is 21.9. The smallest absolute Gasteiger partial charge is 0.256 e. The van der Waals surface area contributed by atoms with Crippen LogP contribution in [0.25, 0.3) is 0 Å². The highest BCUT2D eigenvalue weighted by atomic mass is 19.1. The van der Waals surface area contributed by atoms with Crippen molar-refractivity contribution in [3.63, 3.8) is 0 Å². The number of nitrogens with zero attached hydrogens (tertiary/aromatic N) is 4. The molecule has 0 radical (unpaired) electrons. The number of morpholine rings is 2. The van der Waals surface area contributed by atoms with E-state index in [0.29, 0.717) is 51.2 Å². The Bertz CT molecular complexity index is 1270. The van der Waals surface area contributed by atoms with Crippen LogP contribution in [0.1, 0.15) is 70.6 Å². The molecule has 13 nitrogen and oxygen atoms in total. The first kappa shape index (κ1) is 35.2. The summed E-state index contributed by atoms with van der Waals surface area (Å²) in [6, 6.07) is -1.22. The third-order valence-corrected chi connectivity index (χ3v) is 12.7. The second kappa shape index (κ2) is 14.8. The van der Waals surface area contributed by atoms with E-state index in [0.717, 1.165) is 45.2 Å². The predicted molar refractivity (Wildman–Crippen MR) is 180 cm³/mol. The van der Waals surface area contributed by atoms with E-state index in [-0.39, 0.29) is 65.0 Å². The van der Waals surface area contributed by atoms with Gasteiger partial charge >= 0.3 is 0 Å². The minimum Gasteiger partial charge on any atom is -0.371 e. The van der Waals surface area contributed by atoms with Gasteiger partial charge in [-0.15, -0.1) is 0 Å². The highest BCUT2D eigenvalue weighted by molar-refractivity contribution is 6.20. The van der Waals surface area contributed by atoms with Crippen molar-refractivity contribution in [1.29, 1.82) is 0 Å². The Labute approximate surface area is 289 Å². The number of amides is 1. The number of Topliss-reactive ketones (excluding diaryl/α,β-unsaturated/α-hetero) is 1. The Balaban J connectivity index is 1.11. The molecule has 7 aliphatic rings. The highest BCUT2D eigenvalue weighted by Crippen LogP contribution is 2.47. The van der Waals surface area contributed by atoms with Gasteiger partial charge in [-0.1, -0.05) is 0 Å². The summed E-state index contributed by atoms with van der Waals surface area (Å²) in [5.41, 5.74) is 0.105. The zero-order valence-electron chi connectivity index (χ0n) is 29.3. The average molecular weight is 690 g/mol. The third-order valence-electron chi connectivity index (χ3n) is 12.7. The number of carbonyl (C=O) groups excluding carboxylic acids is 2. The van der Waals surface area contributed by atoms with Crippen LogP contribution in [0, 0.1) is 16.0 Å². The number of carbonyl (C=O) groups is 2. The van der Waals surface area contributed by atoms with E-state index in [1.165, 1.54) is 0 Å². The van der Waals surface area contributed by atoms with Crippen LogP contribution in [-0.2, 0) is 19.1 Å². The summed E-state index contributed by atoms with van der Waals surface area (Å²) < 4.78 is 29.7. The molecule has 4 aliphatic heterocycles.